The molecule has 3 aromatic carbocycles. The third-order valence-electron chi connectivity index (χ3n) is 3.39. The van der Waals surface area contributed by atoms with Crippen molar-refractivity contribution in [1.29, 1.82) is 0 Å². The first kappa shape index (κ1) is 13.7. The first-order chi connectivity index (χ1) is 10.3. The fourth-order valence-electron chi connectivity index (χ4n) is 2.33. The molecule has 0 saturated heterocycles. The van der Waals surface area contributed by atoms with Crippen LogP contribution in [0.3, 0.4) is 0 Å². The van der Waals surface area contributed by atoms with E-state index >= 15 is 0 Å². The van der Waals surface area contributed by atoms with E-state index in [4.69, 9.17) is 11.6 Å². The number of anilines is 2. The van der Waals surface area contributed by atoms with Crippen LogP contribution < -0.4 is 4.90 Å². The summed E-state index contributed by atoms with van der Waals surface area (Å²) in [7, 11) is 0. The molecular formula is C19H16ClN. The molecule has 0 spiro atoms. The first-order valence-electron chi connectivity index (χ1n) is 6.95. The van der Waals surface area contributed by atoms with Crippen LogP contribution in [0.2, 0.25) is 5.02 Å². The maximum Gasteiger partial charge on any atom is 0.0481 e. The minimum absolute atomic E-state index is 0.756. The number of rotatable bonds is 4. The Labute approximate surface area is 130 Å². The van der Waals surface area contributed by atoms with E-state index in [0.717, 1.165) is 17.3 Å². The number of halogens is 1. The third-order valence-corrected chi connectivity index (χ3v) is 3.64. The molecule has 0 N–H and O–H groups in total. The Hall–Kier alpha value is -2.25. The molecule has 3 rings (SSSR count). The quantitative estimate of drug-likeness (QED) is 0.598. The molecule has 3 aromatic rings. The van der Waals surface area contributed by atoms with Gasteiger partial charge in [-0.05, 0) is 42.0 Å². The molecule has 0 fully saturated rings. The van der Waals surface area contributed by atoms with Gasteiger partial charge in [0, 0.05) is 22.9 Å². The average molecular weight is 294 g/mol. The summed E-state index contributed by atoms with van der Waals surface area (Å²) in [6.07, 6.45) is 0. The van der Waals surface area contributed by atoms with Gasteiger partial charge in [-0.3, -0.25) is 0 Å². The van der Waals surface area contributed by atoms with E-state index in [-0.39, 0.29) is 0 Å². The lowest BCUT2D eigenvalue weighted by Crippen LogP contribution is -2.16. The molecule has 0 aliphatic carbocycles. The van der Waals surface area contributed by atoms with E-state index in [1.807, 2.05) is 24.3 Å². The Balaban J connectivity index is 1.97. The van der Waals surface area contributed by atoms with Crippen LogP contribution in [0.5, 0.6) is 0 Å². The van der Waals surface area contributed by atoms with Crippen molar-refractivity contribution in [3.63, 3.8) is 0 Å². The van der Waals surface area contributed by atoms with Crippen molar-refractivity contribution in [3.8, 4) is 0 Å². The molecule has 0 aromatic heterocycles. The van der Waals surface area contributed by atoms with Crippen LogP contribution in [-0.2, 0) is 6.54 Å². The van der Waals surface area contributed by atoms with Gasteiger partial charge in [-0.25, -0.2) is 0 Å². The number of hydrogen-bond acceptors (Lipinski definition) is 1. The van der Waals surface area contributed by atoms with E-state index in [2.05, 4.69) is 65.6 Å². The smallest absolute Gasteiger partial charge is 0.0481 e. The minimum Gasteiger partial charge on any atom is -0.337 e. The van der Waals surface area contributed by atoms with Crippen LogP contribution in [0, 0.1) is 0 Å². The summed E-state index contributed by atoms with van der Waals surface area (Å²) >= 11 is 6.00. The molecule has 0 aliphatic rings. The van der Waals surface area contributed by atoms with Gasteiger partial charge >= 0.3 is 0 Å². The zero-order valence-electron chi connectivity index (χ0n) is 11.6. The van der Waals surface area contributed by atoms with Crippen LogP contribution in [0.15, 0.2) is 84.9 Å². The molecule has 0 heterocycles. The van der Waals surface area contributed by atoms with Gasteiger partial charge in [0.1, 0.15) is 0 Å². The molecule has 0 radical (unpaired) electrons. The van der Waals surface area contributed by atoms with Gasteiger partial charge in [-0.2, -0.15) is 0 Å². The van der Waals surface area contributed by atoms with Crippen molar-refractivity contribution in [1.82, 2.24) is 0 Å². The van der Waals surface area contributed by atoms with E-state index in [9.17, 15) is 0 Å². The largest absolute Gasteiger partial charge is 0.337 e. The molecule has 0 amide bonds. The normalized spacial score (nSPS) is 10.3. The Morgan fingerprint density at radius 1 is 0.619 bits per heavy atom. The predicted molar refractivity (Wildman–Crippen MR) is 90.2 cm³/mol. The average Bonchev–Trinajstić information content (AvgIpc) is 2.55. The maximum absolute atomic E-state index is 6.00. The highest BCUT2D eigenvalue weighted by Gasteiger charge is 2.09. The lowest BCUT2D eigenvalue weighted by atomic mass is 10.1. The lowest BCUT2D eigenvalue weighted by Gasteiger charge is -2.25. The number of nitrogens with zero attached hydrogens (tertiary/aromatic N) is 1. The van der Waals surface area contributed by atoms with Gasteiger partial charge in [0.15, 0.2) is 0 Å². The summed E-state index contributed by atoms with van der Waals surface area (Å²) in [5, 5.41) is 0.756. The third kappa shape index (κ3) is 3.45. The van der Waals surface area contributed by atoms with Crippen LogP contribution >= 0.6 is 11.6 Å². The van der Waals surface area contributed by atoms with Gasteiger partial charge in [0.25, 0.3) is 0 Å². The standard InChI is InChI=1S/C19H16ClN/c20-17-11-13-19(14-12-17)21(18-9-5-2-6-10-18)15-16-7-3-1-4-8-16/h1-14H,15H2. The van der Waals surface area contributed by atoms with Gasteiger partial charge < -0.3 is 4.90 Å². The fraction of sp³-hybridized carbons (Fsp3) is 0.0526. The van der Waals surface area contributed by atoms with E-state index in [0.29, 0.717) is 0 Å². The van der Waals surface area contributed by atoms with Gasteiger partial charge in [0.2, 0.25) is 0 Å². The van der Waals surface area contributed by atoms with Crippen molar-refractivity contribution in [2.75, 3.05) is 4.90 Å². The van der Waals surface area contributed by atoms with Crippen molar-refractivity contribution < 1.29 is 0 Å². The Kier molecular flexibility index (Phi) is 4.23. The summed E-state index contributed by atoms with van der Waals surface area (Å²) in [4.78, 5) is 2.28. The second-order valence-corrected chi connectivity index (χ2v) is 5.32. The molecule has 0 unspecified atom stereocenters. The van der Waals surface area contributed by atoms with E-state index in [1.54, 1.807) is 0 Å². The van der Waals surface area contributed by atoms with Gasteiger partial charge in [-0.1, -0.05) is 60.1 Å². The topological polar surface area (TPSA) is 3.24 Å². The maximum atomic E-state index is 6.00. The summed E-state index contributed by atoms with van der Waals surface area (Å²) in [5.41, 5.74) is 3.58. The highest BCUT2D eigenvalue weighted by molar-refractivity contribution is 6.30. The molecule has 0 aliphatic heterocycles. The van der Waals surface area contributed by atoms with Crippen LogP contribution in [0.1, 0.15) is 5.56 Å². The van der Waals surface area contributed by atoms with Gasteiger partial charge in [-0.15, -0.1) is 0 Å². The monoisotopic (exact) mass is 293 g/mol. The van der Waals surface area contributed by atoms with Gasteiger partial charge in [0.05, 0.1) is 0 Å². The minimum atomic E-state index is 0.756. The second kappa shape index (κ2) is 6.47. The second-order valence-electron chi connectivity index (χ2n) is 4.88. The molecule has 1 nitrogen and oxygen atoms in total. The Morgan fingerprint density at radius 3 is 1.76 bits per heavy atom. The fourth-order valence-corrected chi connectivity index (χ4v) is 2.45. The number of benzene rings is 3. The molecule has 21 heavy (non-hydrogen) atoms. The SMILES string of the molecule is Clc1ccc(N(Cc2ccccc2)c2ccccc2)cc1. The Morgan fingerprint density at radius 2 is 1.14 bits per heavy atom. The zero-order chi connectivity index (χ0) is 14.5. The molecule has 0 bridgehead atoms. The summed E-state index contributed by atoms with van der Waals surface area (Å²) in [6, 6.07) is 28.8. The summed E-state index contributed by atoms with van der Waals surface area (Å²) in [6.45, 7) is 0.826. The highest BCUT2D eigenvalue weighted by atomic mass is 35.5. The lowest BCUT2D eigenvalue weighted by molar-refractivity contribution is 0.975. The van der Waals surface area contributed by atoms with Crippen molar-refractivity contribution >= 4 is 23.0 Å². The molecule has 0 saturated carbocycles. The molecule has 2 heteroatoms. The molecule has 104 valence electrons. The van der Waals surface area contributed by atoms with Crippen molar-refractivity contribution in [2.45, 2.75) is 6.54 Å². The molecular weight excluding hydrogens is 278 g/mol. The van der Waals surface area contributed by atoms with Crippen LogP contribution in [-0.4, -0.2) is 0 Å². The highest BCUT2D eigenvalue weighted by Crippen LogP contribution is 2.28. The predicted octanol–water partition coefficient (Wildman–Crippen LogP) is 5.68. The van der Waals surface area contributed by atoms with Crippen LogP contribution in [0.25, 0.3) is 0 Å². The zero-order valence-corrected chi connectivity index (χ0v) is 12.4. The van der Waals surface area contributed by atoms with E-state index in [1.165, 1.54) is 11.3 Å². The summed E-state index contributed by atoms with van der Waals surface area (Å²) in [5.74, 6) is 0. The summed E-state index contributed by atoms with van der Waals surface area (Å²) < 4.78 is 0. The van der Waals surface area contributed by atoms with Crippen molar-refractivity contribution in [2.24, 2.45) is 0 Å². The van der Waals surface area contributed by atoms with Crippen molar-refractivity contribution in [3.05, 3.63) is 95.5 Å². The van der Waals surface area contributed by atoms with Crippen LogP contribution in [0.4, 0.5) is 11.4 Å². The molecule has 0 atom stereocenters. The number of hydrogen-bond donors (Lipinski definition) is 0. The number of para-hydroxylation sites is 1. The first-order valence-corrected chi connectivity index (χ1v) is 7.33. The Bertz CT molecular complexity index is 678. The van der Waals surface area contributed by atoms with E-state index < -0.39 is 0 Å².